The van der Waals surface area contributed by atoms with Crippen molar-refractivity contribution in [1.29, 1.82) is 0 Å². The van der Waals surface area contributed by atoms with Gasteiger partial charge in [0, 0.05) is 32.8 Å². The summed E-state index contributed by atoms with van der Waals surface area (Å²) in [7, 11) is 3.38. The molecule has 1 aromatic carbocycles. The minimum atomic E-state index is -1.25. The topological polar surface area (TPSA) is 178 Å². The number of carbonyl (C=O) groups is 5. The molecular formula is C27H37N7O6. The number of aryl methyl sites for hydroxylation is 2. The van der Waals surface area contributed by atoms with Crippen LogP contribution in [-0.4, -0.2) is 83.0 Å². The third-order valence-corrected chi connectivity index (χ3v) is 6.85. The Balaban J connectivity index is 1.83. The highest BCUT2D eigenvalue weighted by Gasteiger charge is 2.30. The first kappa shape index (κ1) is 30.1. The number of ether oxygens (including phenoxy) is 1. The summed E-state index contributed by atoms with van der Waals surface area (Å²) in [6, 6.07) is 4.22. The summed E-state index contributed by atoms with van der Waals surface area (Å²) in [5, 5.41) is 12.4. The first-order chi connectivity index (χ1) is 19.0. The second kappa shape index (κ2) is 13.6. The number of nitrogens with zero attached hydrogens (tertiary/aromatic N) is 3. The van der Waals surface area contributed by atoms with E-state index in [-0.39, 0.29) is 43.9 Å². The van der Waals surface area contributed by atoms with Crippen LogP contribution in [-0.2, 0) is 32.6 Å². The van der Waals surface area contributed by atoms with Crippen molar-refractivity contribution < 1.29 is 28.7 Å². The number of nitrogens with one attached hydrogen (secondary N) is 3. The lowest BCUT2D eigenvalue weighted by Gasteiger charge is -2.26. The molecule has 0 fully saturated rings. The van der Waals surface area contributed by atoms with Crippen LogP contribution in [0.1, 0.15) is 46.6 Å². The first-order valence-corrected chi connectivity index (χ1v) is 13.1. The number of fused-ring (bicyclic) bond motifs is 1. The molecule has 0 radical (unpaired) electrons. The summed E-state index contributed by atoms with van der Waals surface area (Å²) in [4.78, 5) is 65.3. The van der Waals surface area contributed by atoms with E-state index in [0.29, 0.717) is 6.42 Å². The van der Waals surface area contributed by atoms with Gasteiger partial charge in [0.05, 0.1) is 24.2 Å². The third-order valence-electron chi connectivity index (χ3n) is 6.85. The third kappa shape index (κ3) is 7.80. The lowest BCUT2D eigenvalue weighted by atomic mass is 10.1. The Bertz CT molecular complexity index is 1270. The van der Waals surface area contributed by atoms with Gasteiger partial charge in [-0.15, -0.1) is 0 Å². The van der Waals surface area contributed by atoms with Crippen molar-refractivity contribution in [3.63, 3.8) is 0 Å². The number of amides is 5. The molecule has 13 heteroatoms. The maximum absolute atomic E-state index is 13.2. The van der Waals surface area contributed by atoms with E-state index in [0.717, 1.165) is 17.0 Å². The van der Waals surface area contributed by atoms with E-state index in [1.165, 1.54) is 4.90 Å². The molecule has 5 N–H and O–H groups in total. The van der Waals surface area contributed by atoms with E-state index in [2.05, 4.69) is 21.0 Å². The normalized spacial score (nSPS) is 18.6. The Labute approximate surface area is 232 Å². The Morgan fingerprint density at radius 1 is 1.15 bits per heavy atom. The number of aromatic nitrogens is 2. The second-order valence-electron chi connectivity index (χ2n) is 9.77. The van der Waals surface area contributed by atoms with Crippen LogP contribution in [0.15, 0.2) is 24.3 Å². The van der Waals surface area contributed by atoms with Gasteiger partial charge in [0.1, 0.15) is 24.4 Å². The summed E-state index contributed by atoms with van der Waals surface area (Å²) < 4.78 is 7.55. The zero-order chi connectivity index (χ0) is 29.4. The summed E-state index contributed by atoms with van der Waals surface area (Å²) in [5.74, 6) is -2.57. The minimum absolute atomic E-state index is 0.0129. The molecule has 3 rings (SSSR count). The number of hydrogen-bond donors (Lipinski definition) is 4. The van der Waals surface area contributed by atoms with Gasteiger partial charge in [-0.1, -0.05) is 12.1 Å². The number of carbonyl (C=O) groups excluding carboxylic acids is 5. The van der Waals surface area contributed by atoms with Gasteiger partial charge in [0.25, 0.3) is 5.91 Å². The molecule has 2 aromatic rings. The van der Waals surface area contributed by atoms with Gasteiger partial charge >= 0.3 is 0 Å². The van der Waals surface area contributed by atoms with Crippen molar-refractivity contribution in [2.24, 2.45) is 12.8 Å². The smallest absolute Gasteiger partial charge is 0.255 e. The molecule has 0 spiro atoms. The molecule has 0 aliphatic carbocycles. The van der Waals surface area contributed by atoms with E-state index in [1.807, 2.05) is 20.9 Å². The van der Waals surface area contributed by atoms with Crippen molar-refractivity contribution in [2.75, 3.05) is 26.7 Å². The Kier molecular flexibility index (Phi) is 10.2. The number of rotatable bonds is 7. The predicted molar refractivity (Wildman–Crippen MR) is 145 cm³/mol. The summed E-state index contributed by atoms with van der Waals surface area (Å²) >= 11 is 0. The molecule has 2 atom stereocenters. The Morgan fingerprint density at radius 3 is 2.55 bits per heavy atom. The number of para-hydroxylation sites is 1. The molecule has 13 nitrogen and oxygen atoms in total. The number of likely N-dealkylation sites (N-methyl/N-ethyl adjacent to an activating group) is 1. The van der Waals surface area contributed by atoms with Crippen LogP contribution in [0.3, 0.4) is 0 Å². The van der Waals surface area contributed by atoms with Crippen molar-refractivity contribution in [1.82, 2.24) is 30.6 Å². The van der Waals surface area contributed by atoms with Crippen LogP contribution < -0.4 is 26.4 Å². The average molecular weight is 556 g/mol. The van der Waals surface area contributed by atoms with Gasteiger partial charge in [-0.3, -0.25) is 28.7 Å². The molecule has 1 aliphatic heterocycles. The predicted octanol–water partition coefficient (Wildman–Crippen LogP) is -0.515. The molecule has 0 saturated carbocycles. The quantitative estimate of drug-likeness (QED) is 0.355. The van der Waals surface area contributed by atoms with Crippen molar-refractivity contribution >= 4 is 29.5 Å². The van der Waals surface area contributed by atoms with Crippen molar-refractivity contribution in [3.8, 4) is 5.75 Å². The van der Waals surface area contributed by atoms with Crippen LogP contribution >= 0.6 is 0 Å². The van der Waals surface area contributed by atoms with E-state index in [4.69, 9.17) is 10.5 Å². The van der Waals surface area contributed by atoms with Crippen molar-refractivity contribution in [3.05, 3.63) is 46.8 Å². The zero-order valence-electron chi connectivity index (χ0n) is 23.3. The highest BCUT2D eigenvalue weighted by atomic mass is 16.5. The lowest BCUT2D eigenvalue weighted by molar-refractivity contribution is -0.136. The largest absolute Gasteiger partial charge is 0.491 e. The fraction of sp³-hybridized carbons (Fsp3) is 0.481. The fourth-order valence-corrected chi connectivity index (χ4v) is 4.49. The molecule has 2 heterocycles. The molecule has 216 valence electrons. The highest BCUT2D eigenvalue weighted by Crippen LogP contribution is 2.19. The molecule has 5 amide bonds. The Hall–Kier alpha value is -4.42. The molecule has 40 heavy (non-hydrogen) atoms. The lowest BCUT2D eigenvalue weighted by Crippen LogP contribution is -2.53. The van der Waals surface area contributed by atoms with Crippen LogP contribution in [0.2, 0.25) is 0 Å². The summed E-state index contributed by atoms with van der Waals surface area (Å²) in [5.41, 5.74) is 8.28. The highest BCUT2D eigenvalue weighted by molar-refractivity contribution is 6.01. The van der Waals surface area contributed by atoms with Crippen molar-refractivity contribution in [2.45, 2.75) is 51.6 Å². The Morgan fingerprint density at radius 2 is 1.88 bits per heavy atom. The number of primary amides is 1. The monoisotopic (exact) mass is 555 g/mol. The minimum Gasteiger partial charge on any atom is -0.491 e. The van der Waals surface area contributed by atoms with Crippen LogP contribution in [0, 0.1) is 13.8 Å². The molecule has 0 unspecified atom stereocenters. The summed E-state index contributed by atoms with van der Waals surface area (Å²) in [6.45, 7) is 4.31. The number of nitrogens with two attached hydrogens (primary N) is 1. The van der Waals surface area contributed by atoms with Gasteiger partial charge in [-0.25, -0.2) is 0 Å². The molecule has 0 saturated heterocycles. The van der Waals surface area contributed by atoms with E-state index < -0.39 is 48.0 Å². The molecule has 1 aliphatic rings. The van der Waals surface area contributed by atoms with Gasteiger partial charge in [-0.05, 0) is 44.4 Å². The summed E-state index contributed by atoms with van der Waals surface area (Å²) in [6.07, 6.45) is -0.0599. The molecular weight excluding hydrogens is 518 g/mol. The van der Waals surface area contributed by atoms with Crippen LogP contribution in [0.4, 0.5) is 0 Å². The van der Waals surface area contributed by atoms with E-state index in [9.17, 15) is 24.0 Å². The standard InChI is InChI=1S/C27H37N7O6/c1-16-18(17(2)34(4)32-16)11-12-29-26(38)21-15-24(36)30-20(9-10-23(28)35)27(39)33(3)13-14-40-22-8-6-5-7-19(22)25(37)31-21/h5-8,20-21H,9-15H2,1-4H3,(H2,28,35)(H,29,38)(H,30,36)(H,31,37)/t20-,21-/m0/s1. The first-order valence-electron chi connectivity index (χ1n) is 13.1. The van der Waals surface area contributed by atoms with Crippen LogP contribution in [0.25, 0.3) is 0 Å². The van der Waals surface area contributed by atoms with Gasteiger partial charge in [0.2, 0.25) is 23.6 Å². The average Bonchev–Trinajstić information content (AvgIpc) is 3.15. The number of benzene rings is 1. The number of hydrogen-bond acceptors (Lipinski definition) is 7. The van der Waals surface area contributed by atoms with Crippen LogP contribution in [0.5, 0.6) is 5.75 Å². The fourth-order valence-electron chi connectivity index (χ4n) is 4.49. The van der Waals surface area contributed by atoms with Gasteiger partial charge in [-0.2, -0.15) is 5.10 Å². The van der Waals surface area contributed by atoms with E-state index >= 15 is 0 Å². The molecule has 0 bridgehead atoms. The zero-order valence-corrected chi connectivity index (χ0v) is 23.3. The van der Waals surface area contributed by atoms with Gasteiger partial charge in [0.15, 0.2) is 0 Å². The maximum Gasteiger partial charge on any atom is 0.255 e. The van der Waals surface area contributed by atoms with E-state index in [1.54, 1.807) is 36.0 Å². The second-order valence-corrected chi connectivity index (χ2v) is 9.77. The SMILES string of the molecule is Cc1nn(C)c(C)c1CCNC(=O)[C@@H]1CC(=O)N[C@@H](CCC(N)=O)C(=O)N(C)CCOc2ccccc2C(=O)N1. The molecule has 1 aromatic heterocycles. The van der Waals surface area contributed by atoms with Gasteiger partial charge < -0.3 is 31.3 Å². The maximum atomic E-state index is 13.2.